The average molecular weight is 309 g/mol. The second-order valence-electron chi connectivity index (χ2n) is 3.72. The van der Waals surface area contributed by atoms with Crippen LogP contribution in [0.3, 0.4) is 0 Å². The Morgan fingerprint density at radius 1 is 1.33 bits per heavy atom. The maximum absolute atomic E-state index is 9.44. The highest BCUT2D eigenvalue weighted by atomic mass is 79.9. The molecule has 2 rings (SSSR count). The van der Waals surface area contributed by atoms with Crippen LogP contribution in [0.2, 0.25) is 0 Å². The van der Waals surface area contributed by atoms with Crippen molar-refractivity contribution >= 4 is 27.6 Å². The Bertz CT molecular complexity index is 521. The summed E-state index contributed by atoms with van der Waals surface area (Å²) in [5, 5.41) is 12.5. The quantitative estimate of drug-likeness (QED) is 0.804. The summed E-state index contributed by atoms with van der Waals surface area (Å²) < 4.78 is 0.587. The number of aliphatic hydroxyl groups excluding tert-OH is 1. The second kappa shape index (κ2) is 5.79. The van der Waals surface area contributed by atoms with Crippen LogP contribution >= 0.6 is 15.9 Å². The molecule has 2 aromatic rings. The molecule has 4 N–H and O–H groups in total. The van der Waals surface area contributed by atoms with Gasteiger partial charge in [-0.05, 0) is 21.5 Å². The van der Waals surface area contributed by atoms with E-state index in [-0.39, 0.29) is 12.6 Å². The maximum atomic E-state index is 9.44. The van der Waals surface area contributed by atoms with Crippen molar-refractivity contribution in [1.29, 1.82) is 0 Å². The highest BCUT2D eigenvalue weighted by Crippen LogP contribution is 2.22. The zero-order chi connectivity index (χ0) is 13.0. The number of aromatic nitrogens is 2. The maximum Gasteiger partial charge on any atom is 0.170 e. The molecule has 0 fully saturated rings. The summed E-state index contributed by atoms with van der Waals surface area (Å²) in [6.07, 6.45) is 1.52. The van der Waals surface area contributed by atoms with Crippen LogP contribution < -0.4 is 11.1 Å². The number of halogens is 1. The van der Waals surface area contributed by atoms with Crippen LogP contribution in [-0.2, 0) is 0 Å². The molecule has 0 spiro atoms. The van der Waals surface area contributed by atoms with Crippen molar-refractivity contribution in [2.24, 2.45) is 0 Å². The Morgan fingerprint density at radius 3 is 2.72 bits per heavy atom. The van der Waals surface area contributed by atoms with Gasteiger partial charge in [-0.15, -0.1) is 0 Å². The topological polar surface area (TPSA) is 84.1 Å². The molecule has 6 heteroatoms. The average Bonchev–Trinajstić information content (AvgIpc) is 2.41. The normalized spacial score (nSPS) is 12.1. The van der Waals surface area contributed by atoms with Crippen molar-refractivity contribution in [2.45, 2.75) is 6.04 Å². The van der Waals surface area contributed by atoms with Crippen molar-refractivity contribution in [1.82, 2.24) is 9.97 Å². The van der Waals surface area contributed by atoms with E-state index in [1.807, 2.05) is 30.3 Å². The largest absolute Gasteiger partial charge is 0.394 e. The van der Waals surface area contributed by atoms with E-state index in [0.717, 1.165) is 5.56 Å². The summed E-state index contributed by atoms with van der Waals surface area (Å²) in [6.45, 7) is -0.0579. The number of nitrogen functional groups attached to an aromatic ring is 1. The zero-order valence-electron chi connectivity index (χ0n) is 9.55. The van der Waals surface area contributed by atoms with Gasteiger partial charge in [0.2, 0.25) is 0 Å². The lowest BCUT2D eigenvalue weighted by molar-refractivity contribution is 0.276. The molecular formula is C12H13BrN4O. The van der Waals surface area contributed by atoms with Crippen LogP contribution in [0.25, 0.3) is 0 Å². The third-order valence-corrected chi connectivity index (χ3v) is 2.85. The van der Waals surface area contributed by atoms with Gasteiger partial charge in [-0.2, -0.15) is 0 Å². The molecule has 18 heavy (non-hydrogen) atoms. The van der Waals surface area contributed by atoms with Crippen LogP contribution in [-0.4, -0.2) is 21.7 Å². The second-order valence-corrected chi connectivity index (χ2v) is 4.53. The van der Waals surface area contributed by atoms with Crippen molar-refractivity contribution in [3.05, 3.63) is 46.7 Å². The summed E-state index contributed by atoms with van der Waals surface area (Å²) >= 11 is 3.23. The van der Waals surface area contributed by atoms with Gasteiger partial charge in [-0.1, -0.05) is 30.3 Å². The fraction of sp³-hybridized carbons (Fsp3) is 0.167. The summed E-state index contributed by atoms with van der Waals surface area (Å²) in [6, 6.07) is 9.33. The number of hydrogen-bond acceptors (Lipinski definition) is 5. The van der Waals surface area contributed by atoms with Gasteiger partial charge in [0.1, 0.15) is 4.60 Å². The lowest BCUT2D eigenvalue weighted by Crippen LogP contribution is -2.17. The first-order valence-corrected chi connectivity index (χ1v) is 6.20. The number of benzene rings is 1. The Hall–Kier alpha value is -1.66. The number of nitrogens with two attached hydrogens (primary N) is 1. The molecule has 1 aromatic carbocycles. The van der Waals surface area contributed by atoms with Crippen LogP contribution in [0.4, 0.5) is 11.6 Å². The molecule has 0 aliphatic heterocycles. The molecule has 5 nitrogen and oxygen atoms in total. The van der Waals surface area contributed by atoms with Gasteiger partial charge in [0.15, 0.2) is 11.6 Å². The molecule has 0 aliphatic rings. The number of anilines is 2. The van der Waals surface area contributed by atoms with E-state index in [1.54, 1.807) is 0 Å². The SMILES string of the molecule is Nc1ncc(Br)nc1N[C@@H](CO)c1ccccc1. The van der Waals surface area contributed by atoms with Gasteiger partial charge in [0.25, 0.3) is 0 Å². The standard InChI is InChI=1S/C12H13BrN4O/c13-10-6-15-11(14)12(17-10)16-9(7-18)8-4-2-1-3-5-8/h1-6,9,18H,7H2,(H2,14,15)(H,16,17)/t9-/m0/s1. The van der Waals surface area contributed by atoms with Crippen LogP contribution in [0.5, 0.6) is 0 Å². The van der Waals surface area contributed by atoms with Gasteiger partial charge in [-0.25, -0.2) is 9.97 Å². The number of nitrogens with one attached hydrogen (secondary N) is 1. The van der Waals surface area contributed by atoms with Crippen molar-refractivity contribution in [3.63, 3.8) is 0 Å². The molecule has 0 amide bonds. The molecule has 0 saturated carbocycles. The van der Waals surface area contributed by atoms with Crippen molar-refractivity contribution in [2.75, 3.05) is 17.7 Å². The number of hydrogen-bond donors (Lipinski definition) is 3. The van der Waals surface area contributed by atoms with Gasteiger partial charge in [-0.3, -0.25) is 0 Å². The molecule has 1 heterocycles. The van der Waals surface area contributed by atoms with E-state index in [2.05, 4.69) is 31.2 Å². The first-order valence-electron chi connectivity index (χ1n) is 5.41. The van der Waals surface area contributed by atoms with E-state index in [1.165, 1.54) is 6.20 Å². The monoisotopic (exact) mass is 308 g/mol. The molecule has 0 aliphatic carbocycles. The summed E-state index contributed by atoms with van der Waals surface area (Å²) in [5.74, 6) is 0.750. The Kier molecular flexibility index (Phi) is 4.11. The first kappa shape index (κ1) is 12.8. The first-order chi connectivity index (χ1) is 8.70. The fourth-order valence-corrected chi connectivity index (χ4v) is 1.85. The van der Waals surface area contributed by atoms with Crippen molar-refractivity contribution < 1.29 is 5.11 Å². The smallest absolute Gasteiger partial charge is 0.170 e. The van der Waals surface area contributed by atoms with E-state index in [0.29, 0.717) is 16.2 Å². The lowest BCUT2D eigenvalue weighted by Gasteiger charge is -2.18. The molecule has 0 bridgehead atoms. The van der Waals surface area contributed by atoms with Crippen LogP contribution in [0.15, 0.2) is 41.1 Å². The minimum absolute atomic E-state index is 0.0579. The van der Waals surface area contributed by atoms with Gasteiger partial charge >= 0.3 is 0 Å². The summed E-state index contributed by atoms with van der Waals surface area (Å²) in [7, 11) is 0. The molecule has 1 atom stereocenters. The van der Waals surface area contributed by atoms with Crippen LogP contribution in [0, 0.1) is 0 Å². The highest BCUT2D eigenvalue weighted by Gasteiger charge is 2.13. The van der Waals surface area contributed by atoms with Gasteiger partial charge in [0.05, 0.1) is 18.8 Å². The van der Waals surface area contributed by atoms with E-state index >= 15 is 0 Å². The predicted molar refractivity (Wildman–Crippen MR) is 74.0 cm³/mol. The van der Waals surface area contributed by atoms with E-state index < -0.39 is 0 Å². The molecule has 94 valence electrons. The van der Waals surface area contributed by atoms with E-state index in [9.17, 15) is 5.11 Å². The zero-order valence-corrected chi connectivity index (χ0v) is 11.1. The minimum atomic E-state index is -0.267. The Balaban J connectivity index is 2.23. The third kappa shape index (κ3) is 2.96. The fourth-order valence-electron chi connectivity index (χ4n) is 1.57. The highest BCUT2D eigenvalue weighted by molar-refractivity contribution is 9.10. The number of aliphatic hydroxyl groups is 1. The number of nitrogens with zero attached hydrogens (tertiary/aromatic N) is 2. The Morgan fingerprint density at radius 2 is 2.06 bits per heavy atom. The minimum Gasteiger partial charge on any atom is -0.394 e. The molecular weight excluding hydrogens is 296 g/mol. The molecule has 0 unspecified atom stereocenters. The van der Waals surface area contributed by atoms with Crippen molar-refractivity contribution in [3.8, 4) is 0 Å². The summed E-state index contributed by atoms with van der Waals surface area (Å²) in [4.78, 5) is 8.18. The Labute approximate surface area is 113 Å². The summed E-state index contributed by atoms with van der Waals surface area (Å²) in [5.41, 5.74) is 6.69. The predicted octanol–water partition coefficient (Wildman–Crippen LogP) is 1.97. The van der Waals surface area contributed by atoms with Crippen LogP contribution in [0.1, 0.15) is 11.6 Å². The van der Waals surface area contributed by atoms with Gasteiger partial charge in [0, 0.05) is 0 Å². The molecule has 1 aromatic heterocycles. The van der Waals surface area contributed by atoms with E-state index in [4.69, 9.17) is 5.73 Å². The van der Waals surface area contributed by atoms with Gasteiger partial charge < -0.3 is 16.2 Å². The molecule has 0 saturated heterocycles. The number of rotatable bonds is 4. The third-order valence-electron chi connectivity index (χ3n) is 2.47. The lowest BCUT2D eigenvalue weighted by atomic mass is 10.1. The molecule has 0 radical (unpaired) electrons.